The topological polar surface area (TPSA) is 37.4 Å². The van der Waals surface area contributed by atoms with Gasteiger partial charge in [-0.05, 0) is 55.7 Å². The van der Waals surface area contributed by atoms with E-state index in [4.69, 9.17) is 11.6 Å². The molecule has 0 unspecified atom stereocenters. The van der Waals surface area contributed by atoms with Crippen molar-refractivity contribution in [1.29, 1.82) is 0 Å². The number of halogens is 1. The average Bonchev–Trinajstić information content (AvgIpc) is 2.68. The quantitative estimate of drug-likeness (QED) is 0.548. The fraction of sp³-hybridized carbons (Fsp3) is 0.217. The summed E-state index contributed by atoms with van der Waals surface area (Å²) in [5.74, 6) is 0.164. The van der Waals surface area contributed by atoms with Crippen LogP contribution in [-0.2, 0) is 10.0 Å². The Morgan fingerprint density at radius 1 is 0.964 bits per heavy atom. The van der Waals surface area contributed by atoms with Crippen molar-refractivity contribution in [2.75, 3.05) is 4.31 Å². The summed E-state index contributed by atoms with van der Waals surface area (Å²) in [6.07, 6.45) is 0.722. The molecule has 28 heavy (non-hydrogen) atoms. The number of aryl methyl sites for hydroxylation is 1. The first kappa shape index (κ1) is 19.0. The van der Waals surface area contributed by atoms with Gasteiger partial charge in [-0.25, -0.2) is 8.42 Å². The first-order valence-corrected chi connectivity index (χ1v) is 11.2. The summed E-state index contributed by atoms with van der Waals surface area (Å²) in [4.78, 5) is 0.219. The standard InChI is InChI=1S/C23H22ClNO2S/c1-16-11-12-23-22(13-16)21(18-7-4-3-5-8-18)14-17(2)25(23)28(26,27)20-10-6-9-19(24)15-20/h3-13,15,17,21H,14H2,1-2H3/t17-,21-/m0/s1. The van der Waals surface area contributed by atoms with E-state index in [1.807, 2.05) is 44.2 Å². The van der Waals surface area contributed by atoms with Gasteiger partial charge in [0.2, 0.25) is 0 Å². The highest BCUT2D eigenvalue weighted by molar-refractivity contribution is 7.92. The number of nitrogens with zero attached hydrogens (tertiary/aromatic N) is 1. The second kappa shape index (κ2) is 7.26. The third kappa shape index (κ3) is 3.31. The number of rotatable bonds is 3. The lowest BCUT2D eigenvalue weighted by Crippen LogP contribution is -2.43. The minimum Gasteiger partial charge on any atom is -0.263 e. The molecule has 0 saturated carbocycles. The maximum absolute atomic E-state index is 13.5. The molecule has 0 spiro atoms. The molecule has 2 atom stereocenters. The fourth-order valence-corrected chi connectivity index (χ4v) is 6.06. The van der Waals surface area contributed by atoms with Crippen molar-refractivity contribution in [3.8, 4) is 0 Å². The lowest BCUT2D eigenvalue weighted by atomic mass is 9.82. The number of benzene rings is 3. The predicted octanol–water partition coefficient (Wildman–Crippen LogP) is 5.77. The van der Waals surface area contributed by atoms with E-state index in [9.17, 15) is 8.42 Å². The molecule has 0 radical (unpaired) electrons. The molecule has 0 aliphatic carbocycles. The second-order valence-corrected chi connectivity index (χ2v) is 9.62. The Bertz CT molecular complexity index is 1110. The molecule has 4 rings (SSSR count). The highest BCUT2D eigenvalue weighted by atomic mass is 35.5. The molecule has 3 aromatic carbocycles. The van der Waals surface area contributed by atoms with Crippen LogP contribution < -0.4 is 4.31 Å². The Hall–Kier alpha value is -2.30. The van der Waals surface area contributed by atoms with Gasteiger partial charge in [0.1, 0.15) is 0 Å². The van der Waals surface area contributed by atoms with Gasteiger partial charge in [-0.3, -0.25) is 4.31 Å². The van der Waals surface area contributed by atoms with E-state index in [-0.39, 0.29) is 16.9 Å². The van der Waals surface area contributed by atoms with E-state index in [1.165, 1.54) is 11.6 Å². The van der Waals surface area contributed by atoms with E-state index in [2.05, 4.69) is 18.2 Å². The molecular formula is C23H22ClNO2S. The maximum atomic E-state index is 13.5. The second-order valence-electron chi connectivity index (χ2n) is 7.37. The molecule has 0 fully saturated rings. The SMILES string of the molecule is Cc1ccc2c(c1)[C@H](c1ccccc1)C[C@H](C)N2S(=O)(=O)c1cccc(Cl)c1. The molecular weight excluding hydrogens is 390 g/mol. The van der Waals surface area contributed by atoms with Gasteiger partial charge >= 0.3 is 0 Å². The Kier molecular flexibility index (Phi) is 4.94. The molecule has 0 amide bonds. The third-order valence-electron chi connectivity index (χ3n) is 5.33. The Labute approximate surface area is 171 Å². The van der Waals surface area contributed by atoms with Gasteiger partial charge in [-0.2, -0.15) is 0 Å². The minimum absolute atomic E-state index is 0.164. The summed E-state index contributed by atoms with van der Waals surface area (Å²) in [5, 5.41) is 0.414. The van der Waals surface area contributed by atoms with Crippen molar-refractivity contribution in [3.05, 3.63) is 94.5 Å². The number of hydrogen-bond acceptors (Lipinski definition) is 2. The van der Waals surface area contributed by atoms with Crippen LogP contribution in [0.2, 0.25) is 5.02 Å². The summed E-state index contributed by atoms with van der Waals surface area (Å²) < 4.78 is 28.6. The van der Waals surface area contributed by atoms with E-state index >= 15 is 0 Å². The summed E-state index contributed by atoms with van der Waals surface area (Å²) in [5.41, 5.74) is 4.13. The van der Waals surface area contributed by atoms with Gasteiger partial charge in [-0.15, -0.1) is 0 Å². The number of hydrogen-bond donors (Lipinski definition) is 0. The third-order valence-corrected chi connectivity index (χ3v) is 7.49. The summed E-state index contributed by atoms with van der Waals surface area (Å²) in [6.45, 7) is 4.01. The van der Waals surface area contributed by atoms with Gasteiger partial charge < -0.3 is 0 Å². The van der Waals surface area contributed by atoms with Crippen LogP contribution in [0.4, 0.5) is 5.69 Å². The van der Waals surface area contributed by atoms with E-state index < -0.39 is 10.0 Å². The van der Waals surface area contributed by atoms with Crippen molar-refractivity contribution >= 4 is 27.3 Å². The molecule has 0 bridgehead atoms. The van der Waals surface area contributed by atoms with Gasteiger partial charge in [0, 0.05) is 17.0 Å². The first-order valence-electron chi connectivity index (χ1n) is 9.33. The summed E-state index contributed by atoms with van der Waals surface area (Å²) in [6, 6.07) is 22.6. The molecule has 0 N–H and O–H groups in total. The zero-order chi connectivity index (χ0) is 19.9. The van der Waals surface area contributed by atoms with Crippen LogP contribution in [0.15, 0.2) is 77.7 Å². The fourth-order valence-electron chi connectivity index (χ4n) is 4.06. The lowest BCUT2D eigenvalue weighted by Gasteiger charge is -2.40. The van der Waals surface area contributed by atoms with E-state index in [0.29, 0.717) is 5.02 Å². The molecule has 144 valence electrons. The van der Waals surface area contributed by atoms with Gasteiger partial charge in [-0.1, -0.05) is 65.7 Å². The Morgan fingerprint density at radius 3 is 2.43 bits per heavy atom. The van der Waals surface area contributed by atoms with Gasteiger partial charge in [0.25, 0.3) is 10.0 Å². The Balaban J connectivity index is 1.88. The smallest absolute Gasteiger partial charge is 0.263 e. The normalized spacial score (nSPS) is 19.3. The molecule has 1 aliphatic heterocycles. The van der Waals surface area contributed by atoms with Crippen LogP contribution >= 0.6 is 11.6 Å². The van der Waals surface area contributed by atoms with Crippen LogP contribution in [0.1, 0.15) is 36.0 Å². The maximum Gasteiger partial charge on any atom is 0.264 e. The molecule has 1 aliphatic rings. The lowest BCUT2D eigenvalue weighted by molar-refractivity contribution is 0.543. The van der Waals surface area contributed by atoms with Crippen LogP contribution in [0, 0.1) is 6.92 Å². The van der Waals surface area contributed by atoms with Gasteiger partial charge in [0.05, 0.1) is 10.6 Å². The predicted molar refractivity (Wildman–Crippen MR) is 115 cm³/mol. The molecule has 5 heteroatoms. The molecule has 0 saturated heterocycles. The number of anilines is 1. The number of fused-ring (bicyclic) bond motifs is 1. The van der Waals surface area contributed by atoms with Crippen LogP contribution in [0.5, 0.6) is 0 Å². The minimum atomic E-state index is -3.72. The molecule has 3 aromatic rings. The number of sulfonamides is 1. The van der Waals surface area contributed by atoms with Crippen LogP contribution in [-0.4, -0.2) is 14.5 Å². The highest BCUT2D eigenvalue weighted by Gasteiger charge is 2.38. The molecule has 1 heterocycles. The summed E-state index contributed by atoms with van der Waals surface area (Å²) in [7, 11) is -3.72. The zero-order valence-electron chi connectivity index (χ0n) is 15.8. The Morgan fingerprint density at radius 2 is 1.71 bits per heavy atom. The van der Waals surface area contributed by atoms with Crippen molar-refractivity contribution in [3.63, 3.8) is 0 Å². The van der Waals surface area contributed by atoms with Crippen LogP contribution in [0.3, 0.4) is 0 Å². The van der Waals surface area contributed by atoms with Crippen molar-refractivity contribution in [1.82, 2.24) is 0 Å². The zero-order valence-corrected chi connectivity index (χ0v) is 17.4. The van der Waals surface area contributed by atoms with Crippen molar-refractivity contribution in [2.45, 2.75) is 37.1 Å². The first-order chi connectivity index (χ1) is 13.4. The van der Waals surface area contributed by atoms with Crippen molar-refractivity contribution < 1.29 is 8.42 Å². The van der Waals surface area contributed by atoms with E-state index in [1.54, 1.807) is 22.5 Å². The molecule has 0 aromatic heterocycles. The average molecular weight is 412 g/mol. The molecule has 3 nitrogen and oxygen atoms in total. The monoisotopic (exact) mass is 411 g/mol. The highest BCUT2D eigenvalue weighted by Crippen LogP contribution is 2.44. The van der Waals surface area contributed by atoms with E-state index in [0.717, 1.165) is 23.2 Å². The van der Waals surface area contributed by atoms with Crippen LogP contribution in [0.25, 0.3) is 0 Å². The summed E-state index contributed by atoms with van der Waals surface area (Å²) >= 11 is 6.07. The van der Waals surface area contributed by atoms with Crippen molar-refractivity contribution in [2.24, 2.45) is 0 Å². The van der Waals surface area contributed by atoms with Gasteiger partial charge in [0.15, 0.2) is 0 Å². The largest absolute Gasteiger partial charge is 0.264 e.